The summed E-state index contributed by atoms with van der Waals surface area (Å²) in [4.78, 5) is 19.7. The number of anilines is 1. The summed E-state index contributed by atoms with van der Waals surface area (Å²) in [7, 11) is 0. The van der Waals surface area contributed by atoms with Crippen LogP contribution in [-0.4, -0.2) is 15.9 Å². The Morgan fingerprint density at radius 1 is 1.19 bits per heavy atom. The van der Waals surface area contributed by atoms with E-state index in [1.54, 1.807) is 0 Å². The van der Waals surface area contributed by atoms with Gasteiger partial charge in [0.2, 0.25) is 5.91 Å². The fraction of sp³-hybridized carbons (Fsp3) is 0.263. The molecule has 3 aromatic rings. The minimum Gasteiger partial charge on any atom is -0.342 e. The molecule has 0 spiro atoms. The molecule has 1 amide bonds. The fourth-order valence-corrected chi connectivity index (χ4v) is 2.69. The number of nitrogens with zero attached hydrogens (tertiary/aromatic N) is 1. The second-order valence-electron chi connectivity index (χ2n) is 6.02. The zero-order chi connectivity index (χ0) is 18.7. The molecular formula is C19H18F3N3O. The molecule has 26 heavy (non-hydrogen) atoms. The van der Waals surface area contributed by atoms with Gasteiger partial charge >= 0.3 is 6.18 Å². The standard InChI is InChI=1S/C19H18F3N3O/c1-2-17-24-15-8-6-12(10-16(15)25-17)7-9-18(26)23-14-5-3-4-13(11-14)19(20,21)22/h3-6,8,10-11H,2,7,9H2,1H3,(H,23,26)(H,24,25). The van der Waals surface area contributed by atoms with Crippen LogP contribution in [0.5, 0.6) is 0 Å². The molecule has 0 aliphatic rings. The molecule has 4 nitrogen and oxygen atoms in total. The summed E-state index contributed by atoms with van der Waals surface area (Å²) < 4.78 is 38.1. The minimum atomic E-state index is -4.43. The quantitative estimate of drug-likeness (QED) is 0.691. The molecule has 0 unspecified atom stereocenters. The first-order chi connectivity index (χ1) is 12.3. The molecule has 0 fully saturated rings. The number of alkyl halides is 3. The van der Waals surface area contributed by atoms with Crippen molar-refractivity contribution in [2.24, 2.45) is 0 Å². The normalized spacial score (nSPS) is 11.7. The number of aryl methyl sites for hydroxylation is 2. The Morgan fingerprint density at radius 3 is 2.73 bits per heavy atom. The van der Waals surface area contributed by atoms with E-state index in [-0.39, 0.29) is 18.0 Å². The van der Waals surface area contributed by atoms with E-state index in [4.69, 9.17) is 0 Å². The predicted octanol–water partition coefficient (Wildman–Crippen LogP) is 4.72. The van der Waals surface area contributed by atoms with Crippen LogP contribution in [-0.2, 0) is 23.8 Å². The highest BCUT2D eigenvalue weighted by Gasteiger charge is 2.30. The number of fused-ring (bicyclic) bond motifs is 1. The van der Waals surface area contributed by atoms with Gasteiger partial charge in [-0.1, -0.05) is 19.1 Å². The van der Waals surface area contributed by atoms with Crippen molar-refractivity contribution in [3.63, 3.8) is 0 Å². The van der Waals surface area contributed by atoms with Crippen LogP contribution >= 0.6 is 0 Å². The Kier molecular flexibility index (Phi) is 4.97. The molecule has 0 atom stereocenters. The first-order valence-corrected chi connectivity index (χ1v) is 8.30. The maximum Gasteiger partial charge on any atom is 0.416 e. The van der Waals surface area contributed by atoms with Crippen LogP contribution in [0.3, 0.4) is 0 Å². The number of benzene rings is 2. The van der Waals surface area contributed by atoms with E-state index in [1.165, 1.54) is 12.1 Å². The molecule has 1 heterocycles. The highest BCUT2D eigenvalue weighted by atomic mass is 19.4. The Balaban J connectivity index is 1.62. The maximum atomic E-state index is 12.7. The maximum absolute atomic E-state index is 12.7. The molecule has 2 aromatic carbocycles. The van der Waals surface area contributed by atoms with Gasteiger partial charge in [0.25, 0.3) is 0 Å². The van der Waals surface area contributed by atoms with Gasteiger partial charge in [-0.25, -0.2) is 4.98 Å². The van der Waals surface area contributed by atoms with Crippen LogP contribution in [0.1, 0.15) is 30.3 Å². The van der Waals surface area contributed by atoms with Gasteiger partial charge < -0.3 is 10.3 Å². The fourth-order valence-electron chi connectivity index (χ4n) is 2.69. The lowest BCUT2D eigenvalue weighted by Crippen LogP contribution is -2.13. The molecule has 3 rings (SSSR count). The summed E-state index contributed by atoms with van der Waals surface area (Å²) >= 11 is 0. The highest BCUT2D eigenvalue weighted by Crippen LogP contribution is 2.30. The Bertz CT molecular complexity index is 931. The highest BCUT2D eigenvalue weighted by molar-refractivity contribution is 5.91. The van der Waals surface area contributed by atoms with Crippen molar-refractivity contribution >= 4 is 22.6 Å². The van der Waals surface area contributed by atoms with Crippen molar-refractivity contribution in [1.82, 2.24) is 9.97 Å². The smallest absolute Gasteiger partial charge is 0.342 e. The number of carbonyl (C=O) groups is 1. The van der Waals surface area contributed by atoms with Gasteiger partial charge in [-0.3, -0.25) is 4.79 Å². The topological polar surface area (TPSA) is 57.8 Å². The summed E-state index contributed by atoms with van der Waals surface area (Å²) in [6.07, 6.45) is -2.96. The van der Waals surface area contributed by atoms with Gasteiger partial charge in [-0.05, 0) is 42.3 Å². The molecule has 0 aliphatic carbocycles. The van der Waals surface area contributed by atoms with Crippen LogP contribution in [0.4, 0.5) is 18.9 Å². The van der Waals surface area contributed by atoms with Crippen LogP contribution in [0.2, 0.25) is 0 Å². The number of rotatable bonds is 5. The van der Waals surface area contributed by atoms with Crippen LogP contribution < -0.4 is 5.32 Å². The van der Waals surface area contributed by atoms with Gasteiger partial charge in [-0.15, -0.1) is 0 Å². The Hall–Kier alpha value is -2.83. The van der Waals surface area contributed by atoms with Crippen molar-refractivity contribution in [3.8, 4) is 0 Å². The molecule has 2 N–H and O–H groups in total. The van der Waals surface area contributed by atoms with E-state index < -0.39 is 11.7 Å². The average molecular weight is 361 g/mol. The summed E-state index contributed by atoms with van der Waals surface area (Å²) in [5.41, 5.74) is 2.10. The van der Waals surface area contributed by atoms with Crippen molar-refractivity contribution in [2.75, 3.05) is 5.32 Å². The van der Waals surface area contributed by atoms with Gasteiger partial charge in [-0.2, -0.15) is 13.2 Å². The molecule has 0 saturated heterocycles. The van der Waals surface area contributed by atoms with Crippen LogP contribution in [0.15, 0.2) is 42.5 Å². The lowest BCUT2D eigenvalue weighted by molar-refractivity contribution is -0.137. The number of halogens is 3. The molecule has 7 heteroatoms. The number of aromatic amines is 1. The number of carbonyl (C=O) groups excluding carboxylic acids is 1. The zero-order valence-corrected chi connectivity index (χ0v) is 14.2. The van der Waals surface area contributed by atoms with E-state index in [9.17, 15) is 18.0 Å². The molecule has 1 aromatic heterocycles. The molecule has 0 saturated carbocycles. The third-order valence-corrected chi connectivity index (χ3v) is 4.04. The lowest BCUT2D eigenvalue weighted by atomic mass is 10.1. The third-order valence-electron chi connectivity index (χ3n) is 4.04. The molecule has 0 bridgehead atoms. The lowest BCUT2D eigenvalue weighted by Gasteiger charge is -2.10. The third kappa shape index (κ3) is 4.22. The molecule has 0 aliphatic heterocycles. The minimum absolute atomic E-state index is 0.140. The predicted molar refractivity (Wildman–Crippen MR) is 93.9 cm³/mol. The number of H-pyrrole nitrogens is 1. The van der Waals surface area contributed by atoms with Gasteiger partial charge in [0.05, 0.1) is 16.6 Å². The number of hydrogen-bond donors (Lipinski definition) is 2. The van der Waals surface area contributed by atoms with Crippen molar-refractivity contribution in [2.45, 2.75) is 32.4 Å². The van der Waals surface area contributed by atoms with E-state index >= 15 is 0 Å². The largest absolute Gasteiger partial charge is 0.416 e. The second-order valence-corrected chi connectivity index (χ2v) is 6.02. The number of aromatic nitrogens is 2. The SMILES string of the molecule is CCc1nc2ccc(CCC(=O)Nc3cccc(C(F)(F)F)c3)cc2[nH]1. The summed E-state index contributed by atoms with van der Waals surface area (Å²) in [5, 5.41) is 2.52. The van der Waals surface area contributed by atoms with Crippen LogP contribution in [0.25, 0.3) is 11.0 Å². The number of nitrogens with one attached hydrogen (secondary N) is 2. The summed E-state index contributed by atoms with van der Waals surface area (Å²) in [6, 6.07) is 10.4. The molecule has 0 radical (unpaired) electrons. The van der Waals surface area contributed by atoms with Gasteiger partial charge in [0, 0.05) is 18.5 Å². The Morgan fingerprint density at radius 2 is 2.00 bits per heavy atom. The summed E-state index contributed by atoms with van der Waals surface area (Å²) in [5.74, 6) is 0.572. The van der Waals surface area contributed by atoms with Crippen molar-refractivity contribution in [3.05, 3.63) is 59.4 Å². The molecular weight excluding hydrogens is 343 g/mol. The van der Waals surface area contributed by atoms with Crippen molar-refractivity contribution < 1.29 is 18.0 Å². The van der Waals surface area contributed by atoms with E-state index in [0.717, 1.165) is 41.0 Å². The average Bonchev–Trinajstić information content (AvgIpc) is 3.02. The van der Waals surface area contributed by atoms with Gasteiger partial charge in [0.1, 0.15) is 5.82 Å². The first-order valence-electron chi connectivity index (χ1n) is 8.30. The monoisotopic (exact) mass is 361 g/mol. The van der Waals surface area contributed by atoms with Crippen LogP contribution in [0, 0.1) is 0 Å². The van der Waals surface area contributed by atoms with Crippen molar-refractivity contribution in [1.29, 1.82) is 0 Å². The van der Waals surface area contributed by atoms with E-state index in [1.807, 2.05) is 25.1 Å². The zero-order valence-electron chi connectivity index (χ0n) is 14.2. The number of hydrogen-bond acceptors (Lipinski definition) is 2. The van der Waals surface area contributed by atoms with E-state index in [2.05, 4.69) is 15.3 Å². The number of amides is 1. The number of imidazole rings is 1. The molecule has 136 valence electrons. The summed E-state index contributed by atoms with van der Waals surface area (Å²) in [6.45, 7) is 2.01. The second kappa shape index (κ2) is 7.19. The first kappa shape index (κ1) is 18.0. The van der Waals surface area contributed by atoms with E-state index in [0.29, 0.717) is 6.42 Å². The Labute approximate surface area is 148 Å². The van der Waals surface area contributed by atoms with Gasteiger partial charge in [0.15, 0.2) is 0 Å².